The van der Waals surface area contributed by atoms with Crippen LogP contribution < -0.4 is 10.6 Å². The number of nitrogens with one attached hydrogen (secondary N) is 2. The number of hydrogen-bond donors (Lipinski definition) is 2. The molecule has 3 rings (SSSR count). The Morgan fingerprint density at radius 3 is 2.75 bits per heavy atom. The quantitative estimate of drug-likeness (QED) is 0.891. The molecule has 0 unspecified atom stereocenters. The zero-order valence-corrected chi connectivity index (χ0v) is 12.2. The number of nitrogens with zero attached hydrogens (tertiary/aromatic N) is 1. The highest BCUT2D eigenvalue weighted by atomic mass is 32.1. The fourth-order valence-corrected chi connectivity index (χ4v) is 3.59. The van der Waals surface area contributed by atoms with Gasteiger partial charge in [-0.2, -0.15) is 0 Å². The Balaban J connectivity index is 1.61. The first-order valence-corrected chi connectivity index (χ1v) is 7.99. The van der Waals surface area contributed by atoms with Gasteiger partial charge in [-0.3, -0.25) is 9.59 Å². The molecule has 0 radical (unpaired) electrons. The summed E-state index contributed by atoms with van der Waals surface area (Å²) in [5.41, 5.74) is 0. The highest BCUT2D eigenvalue weighted by Crippen LogP contribution is 2.25. The Morgan fingerprint density at radius 1 is 1.25 bits per heavy atom. The van der Waals surface area contributed by atoms with Crippen LogP contribution in [-0.2, 0) is 4.79 Å². The summed E-state index contributed by atoms with van der Waals surface area (Å²) in [4.78, 5) is 26.8. The van der Waals surface area contributed by atoms with Gasteiger partial charge in [-0.15, -0.1) is 11.3 Å². The smallest absolute Gasteiger partial charge is 0.263 e. The van der Waals surface area contributed by atoms with E-state index in [1.165, 1.54) is 11.3 Å². The second-order valence-electron chi connectivity index (χ2n) is 5.30. The fraction of sp³-hybridized carbons (Fsp3) is 0.571. The van der Waals surface area contributed by atoms with E-state index in [0.717, 1.165) is 50.3 Å². The van der Waals surface area contributed by atoms with Crippen LogP contribution >= 0.6 is 11.3 Å². The third-order valence-electron chi connectivity index (χ3n) is 3.83. The number of anilines is 1. The van der Waals surface area contributed by atoms with Crippen LogP contribution in [0.3, 0.4) is 0 Å². The van der Waals surface area contributed by atoms with E-state index in [-0.39, 0.29) is 17.9 Å². The van der Waals surface area contributed by atoms with Crippen LogP contribution in [0.15, 0.2) is 12.1 Å². The van der Waals surface area contributed by atoms with Crippen LogP contribution in [-0.4, -0.2) is 42.4 Å². The van der Waals surface area contributed by atoms with Crippen molar-refractivity contribution in [1.82, 2.24) is 10.2 Å². The Kier molecular flexibility index (Phi) is 4.03. The average Bonchev–Trinajstić information content (AvgIpc) is 3.19. The van der Waals surface area contributed by atoms with Crippen molar-refractivity contribution in [1.29, 1.82) is 0 Å². The fourth-order valence-electron chi connectivity index (χ4n) is 2.71. The number of carbonyl (C=O) groups excluding carboxylic acids is 2. The van der Waals surface area contributed by atoms with Crippen molar-refractivity contribution < 1.29 is 9.59 Å². The molecule has 1 aromatic rings. The van der Waals surface area contributed by atoms with Crippen LogP contribution in [0.5, 0.6) is 0 Å². The lowest BCUT2D eigenvalue weighted by Gasteiger charge is -2.13. The zero-order valence-electron chi connectivity index (χ0n) is 11.4. The maximum Gasteiger partial charge on any atom is 0.263 e. The number of carbonyl (C=O) groups is 2. The molecule has 2 N–H and O–H groups in total. The summed E-state index contributed by atoms with van der Waals surface area (Å²) in [7, 11) is 0. The molecule has 6 heteroatoms. The summed E-state index contributed by atoms with van der Waals surface area (Å²) in [6, 6.07) is 3.54. The Hall–Kier alpha value is -1.40. The lowest BCUT2D eigenvalue weighted by molar-refractivity contribution is -0.117. The second-order valence-corrected chi connectivity index (χ2v) is 6.39. The first kappa shape index (κ1) is 13.6. The molecular weight excluding hydrogens is 274 g/mol. The summed E-state index contributed by atoms with van der Waals surface area (Å²) in [5, 5.41) is 6.82. The monoisotopic (exact) mass is 293 g/mol. The molecule has 2 aliphatic heterocycles. The average molecular weight is 293 g/mol. The molecule has 0 saturated carbocycles. The Bertz CT molecular complexity index is 502. The van der Waals surface area contributed by atoms with Crippen LogP contribution in [0.2, 0.25) is 0 Å². The summed E-state index contributed by atoms with van der Waals surface area (Å²) in [6.45, 7) is 2.61. The first-order chi connectivity index (χ1) is 9.74. The van der Waals surface area contributed by atoms with Gasteiger partial charge in [0.1, 0.15) is 0 Å². The first-order valence-electron chi connectivity index (χ1n) is 7.17. The Morgan fingerprint density at radius 2 is 2.05 bits per heavy atom. The van der Waals surface area contributed by atoms with Crippen molar-refractivity contribution >= 4 is 28.2 Å². The van der Waals surface area contributed by atoms with Gasteiger partial charge in [-0.1, -0.05) is 0 Å². The van der Waals surface area contributed by atoms with Crippen molar-refractivity contribution in [2.24, 2.45) is 0 Å². The lowest BCUT2D eigenvalue weighted by atomic mass is 10.2. The van der Waals surface area contributed by atoms with Gasteiger partial charge < -0.3 is 15.5 Å². The van der Waals surface area contributed by atoms with Gasteiger partial charge in [0.2, 0.25) is 5.91 Å². The van der Waals surface area contributed by atoms with Gasteiger partial charge in [0.25, 0.3) is 5.91 Å². The summed E-state index contributed by atoms with van der Waals surface area (Å²) in [5.74, 6) is 0.0940. The molecule has 2 saturated heterocycles. The van der Waals surface area contributed by atoms with E-state index >= 15 is 0 Å². The van der Waals surface area contributed by atoms with Gasteiger partial charge in [0.15, 0.2) is 0 Å². The molecule has 0 spiro atoms. The molecule has 1 atom stereocenters. The molecule has 2 fully saturated rings. The molecular formula is C14H19N3O2S. The highest BCUT2D eigenvalue weighted by molar-refractivity contribution is 7.18. The second kappa shape index (κ2) is 5.93. The van der Waals surface area contributed by atoms with Gasteiger partial charge in [-0.25, -0.2) is 0 Å². The zero-order chi connectivity index (χ0) is 13.9. The lowest BCUT2D eigenvalue weighted by Crippen LogP contribution is -2.35. The minimum Gasteiger partial charge on any atom is -0.338 e. The summed E-state index contributed by atoms with van der Waals surface area (Å²) in [6.07, 6.45) is 4.11. The Labute approximate surface area is 122 Å². The van der Waals surface area contributed by atoms with Gasteiger partial charge in [-0.05, 0) is 44.4 Å². The van der Waals surface area contributed by atoms with E-state index in [1.54, 1.807) is 0 Å². The van der Waals surface area contributed by atoms with E-state index in [0.29, 0.717) is 4.88 Å². The number of hydrogen-bond acceptors (Lipinski definition) is 4. The van der Waals surface area contributed by atoms with Crippen LogP contribution in [0.4, 0.5) is 5.00 Å². The van der Waals surface area contributed by atoms with Gasteiger partial charge >= 0.3 is 0 Å². The largest absolute Gasteiger partial charge is 0.338 e. The standard InChI is InChI=1S/C14H19N3O2S/c18-13(10-4-3-7-15-10)16-12-6-5-11(20-12)14(19)17-8-1-2-9-17/h5-6,10,15H,1-4,7-9H2,(H,16,18)/t10-/m0/s1. The number of rotatable bonds is 3. The molecule has 0 aliphatic carbocycles. The minimum atomic E-state index is -0.0881. The van der Waals surface area contributed by atoms with E-state index in [2.05, 4.69) is 10.6 Å². The SMILES string of the molecule is O=C(Nc1ccc(C(=O)N2CCCC2)s1)[C@@H]1CCCN1. The van der Waals surface area contributed by atoms with Crippen LogP contribution in [0.1, 0.15) is 35.4 Å². The number of amides is 2. The summed E-state index contributed by atoms with van der Waals surface area (Å²) >= 11 is 1.36. The maximum atomic E-state index is 12.2. The summed E-state index contributed by atoms with van der Waals surface area (Å²) < 4.78 is 0. The molecule has 5 nitrogen and oxygen atoms in total. The van der Waals surface area contributed by atoms with E-state index < -0.39 is 0 Å². The van der Waals surface area contributed by atoms with Gasteiger partial charge in [0, 0.05) is 13.1 Å². The molecule has 3 heterocycles. The van der Waals surface area contributed by atoms with Crippen LogP contribution in [0, 0.1) is 0 Å². The van der Waals surface area contributed by atoms with Gasteiger partial charge in [0.05, 0.1) is 15.9 Å². The maximum absolute atomic E-state index is 12.2. The molecule has 0 aromatic carbocycles. The highest BCUT2D eigenvalue weighted by Gasteiger charge is 2.24. The number of thiophene rings is 1. The van der Waals surface area contributed by atoms with E-state index in [9.17, 15) is 9.59 Å². The van der Waals surface area contributed by atoms with Crippen molar-refractivity contribution in [2.45, 2.75) is 31.7 Å². The molecule has 20 heavy (non-hydrogen) atoms. The van der Waals surface area contributed by atoms with E-state index in [4.69, 9.17) is 0 Å². The molecule has 1 aromatic heterocycles. The third-order valence-corrected chi connectivity index (χ3v) is 4.82. The minimum absolute atomic E-state index is 0.00419. The molecule has 0 bridgehead atoms. The predicted molar refractivity (Wildman–Crippen MR) is 79.1 cm³/mol. The topological polar surface area (TPSA) is 61.4 Å². The van der Waals surface area contributed by atoms with Crippen LogP contribution in [0.25, 0.3) is 0 Å². The molecule has 2 aliphatic rings. The third kappa shape index (κ3) is 2.86. The normalized spacial score (nSPS) is 22.2. The number of likely N-dealkylation sites (tertiary alicyclic amines) is 1. The predicted octanol–water partition coefficient (Wildman–Crippen LogP) is 1.67. The van der Waals surface area contributed by atoms with E-state index in [1.807, 2.05) is 17.0 Å². The van der Waals surface area contributed by atoms with Crippen molar-refractivity contribution in [3.63, 3.8) is 0 Å². The molecule has 108 valence electrons. The van der Waals surface area contributed by atoms with Crippen molar-refractivity contribution in [3.8, 4) is 0 Å². The van der Waals surface area contributed by atoms with Crippen molar-refractivity contribution in [3.05, 3.63) is 17.0 Å². The molecule has 2 amide bonds. The van der Waals surface area contributed by atoms with Crippen molar-refractivity contribution in [2.75, 3.05) is 25.0 Å².